The van der Waals surface area contributed by atoms with E-state index < -0.39 is 16.1 Å². The van der Waals surface area contributed by atoms with Gasteiger partial charge in [0.2, 0.25) is 16.0 Å². The largest absolute Gasteiger partial charge is 0.369 e. The molecule has 0 saturated carbocycles. The highest BCUT2D eigenvalue weighted by atomic mass is 32.2. The van der Waals surface area contributed by atoms with Gasteiger partial charge in [-0.3, -0.25) is 4.98 Å². The van der Waals surface area contributed by atoms with Gasteiger partial charge in [-0.05, 0) is 18.6 Å². The van der Waals surface area contributed by atoms with E-state index in [2.05, 4.69) is 25.3 Å². The van der Waals surface area contributed by atoms with Crippen LogP contribution in [0.5, 0.6) is 0 Å². The van der Waals surface area contributed by atoms with Crippen LogP contribution in [0.3, 0.4) is 0 Å². The van der Waals surface area contributed by atoms with Gasteiger partial charge in [0.15, 0.2) is 5.82 Å². The third-order valence-corrected chi connectivity index (χ3v) is 6.50. The van der Waals surface area contributed by atoms with Crippen LogP contribution in [0.15, 0.2) is 55.1 Å². The van der Waals surface area contributed by atoms with Crippen LogP contribution in [0, 0.1) is 6.92 Å². The topological polar surface area (TPSA) is 110 Å². The molecule has 3 heterocycles. The summed E-state index contributed by atoms with van der Waals surface area (Å²) < 4.78 is 33.1. The van der Waals surface area contributed by atoms with E-state index in [1.165, 1.54) is 4.31 Å². The number of aromatic nitrogens is 4. The minimum atomic E-state index is -3.48. The number of nitrogens with zero attached hydrogens (tertiary/aromatic N) is 5. The molecule has 0 radical (unpaired) electrons. The Labute approximate surface area is 175 Å². The normalized spacial score (nSPS) is 17.6. The summed E-state index contributed by atoms with van der Waals surface area (Å²) in [5.74, 6) is 0.816. The SMILES string of the molecule is Cc1ccc(CS(=O)(=O)N2CCO[C@@H](c3cncc(Nc4ncccn4)n3)C2)cc1. The Morgan fingerprint density at radius 2 is 1.93 bits per heavy atom. The summed E-state index contributed by atoms with van der Waals surface area (Å²) >= 11 is 0. The van der Waals surface area contributed by atoms with Crippen LogP contribution in [0.2, 0.25) is 0 Å². The maximum absolute atomic E-state index is 12.9. The van der Waals surface area contributed by atoms with Crippen molar-refractivity contribution >= 4 is 21.8 Å². The molecule has 1 saturated heterocycles. The number of nitrogens with one attached hydrogen (secondary N) is 1. The van der Waals surface area contributed by atoms with E-state index in [0.29, 0.717) is 30.6 Å². The van der Waals surface area contributed by atoms with Crippen LogP contribution in [-0.2, 0) is 20.5 Å². The molecule has 0 unspecified atom stereocenters. The Morgan fingerprint density at radius 3 is 2.70 bits per heavy atom. The van der Waals surface area contributed by atoms with Crippen molar-refractivity contribution in [3.8, 4) is 0 Å². The van der Waals surface area contributed by atoms with Crippen LogP contribution >= 0.6 is 0 Å². The smallest absolute Gasteiger partial charge is 0.228 e. The highest BCUT2D eigenvalue weighted by Crippen LogP contribution is 2.24. The summed E-state index contributed by atoms with van der Waals surface area (Å²) in [4.78, 5) is 16.9. The van der Waals surface area contributed by atoms with Gasteiger partial charge in [0.1, 0.15) is 6.10 Å². The van der Waals surface area contributed by atoms with E-state index in [1.807, 2.05) is 31.2 Å². The van der Waals surface area contributed by atoms with Gasteiger partial charge in [-0.25, -0.2) is 23.4 Å². The number of ether oxygens (including phenoxy) is 1. The van der Waals surface area contributed by atoms with Crippen molar-refractivity contribution in [1.82, 2.24) is 24.2 Å². The molecule has 9 nitrogen and oxygen atoms in total. The fourth-order valence-electron chi connectivity index (χ4n) is 3.12. The minimum Gasteiger partial charge on any atom is -0.369 e. The van der Waals surface area contributed by atoms with Crippen molar-refractivity contribution in [1.29, 1.82) is 0 Å². The van der Waals surface area contributed by atoms with Gasteiger partial charge in [0.05, 0.1) is 30.4 Å². The number of anilines is 2. The standard InChI is InChI=1S/C20H22N6O3S/c1-15-3-5-16(6-4-15)14-30(27,28)26-9-10-29-18(13-26)17-11-21-12-19(24-17)25-20-22-7-2-8-23-20/h2-8,11-12,18H,9-10,13-14H2,1H3,(H,22,23,24,25)/t18-/m1/s1. The van der Waals surface area contributed by atoms with E-state index in [-0.39, 0.29) is 12.3 Å². The second-order valence-corrected chi connectivity index (χ2v) is 8.95. The molecule has 1 N–H and O–H groups in total. The molecule has 1 fully saturated rings. The third kappa shape index (κ3) is 4.96. The molecular formula is C20H22N6O3S. The molecule has 1 atom stereocenters. The zero-order valence-corrected chi connectivity index (χ0v) is 17.3. The first-order chi connectivity index (χ1) is 14.5. The molecule has 1 aliphatic heterocycles. The first-order valence-electron chi connectivity index (χ1n) is 9.50. The molecule has 30 heavy (non-hydrogen) atoms. The summed E-state index contributed by atoms with van der Waals surface area (Å²) in [5.41, 5.74) is 2.40. The summed E-state index contributed by atoms with van der Waals surface area (Å²) in [6.45, 7) is 2.76. The first kappa shape index (κ1) is 20.3. The van der Waals surface area contributed by atoms with Crippen molar-refractivity contribution in [3.05, 3.63) is 71.9 Å². The molecular weight excluding hydrogens is 404 g/mol. The van der Waals surface area contributed by atoms with E-state index in [4.69, 9.17) is 4.74 Å². The van der Waals surface area contributed by atoms with Gasteiger partial charge < -0.3 is 10.1 Å². The molecule has 0 aliphatic carbocycles. The molecule has 156 valence electrons. The Kier molecular flexibility index (Phi) is 5.98. The van der Waals surface area contributed by atoms with Crippen LogP contribution in [0.1, 0.15) is 22.9 Å². The lowest BCUT2D eigenvalue weighted by molar-refractivity contribution is -0.00511. The second-order valence-electron chi connectivity index (χ2n) is 6.99. The lowest BCUT2D eigenvalue weighted by Gasteiger charge is -2.31. The molecule has 0 spiro atoms. The number of rotatable bonds is 6. The number of sulfonamides is 1. The molecule has 3 aromatic rings. The number of hydrogen-bond donors (Lipinski definition) is 1. The van der Waals surface area contributed by atoms with Crippen molar-refractivity contribution < 1.29 is 13.2 Å². The number of benzene rings is 1. The molecule has 2 aromatic heterocycles. The fourth-order valence-corrected chi connectivity index (χ4v) is 4.63. The average molecular weight is 427 g/mol. The van der Waals surface area contributed by atoms with Gasteiger partial charge in [-0.1, -0.05) is 29.8 Å². The predicted molar refractivity (Wildman–Crippen MR) is 111 cm³/mol. The lowest BCUT2D eigenvalue weighted by atomic mass is 10.2. The summed E-state index contributed by atoms with van der Waals surface area (Å²) in [5, 5.41) is 2.98. The Morgan fingerprint density at radius 1 is 1.17 bits per heavy atom. The van der Waals surface area contributed by atoms with E-state index in [9.17, 15) is 8.42 Å². The maximum atomic E-state index is 12.9. The second kappa shape index (κ2) is 8.82. The Bertz CT molecular complexity index is 1090. The van der Waals surface area contributed by atoms with E-state index in [1.54, 1.807) is 30.9 Å². The quantitative estimate of drug-likeness (QED) is 0.639. The molecule has 4 rings (SSSR count). The van der Waals surface area contributed by atoms with Crippen molar-refractivity contribution in [2.75, 3.05) is 25.0 Å². The lowest BCUT2D eigenvalue weighted by Crippen LogP contribution is -2.43. The molecule has 0 bridgehead atoms. The van der Waals surface area contributed by atoms with Crippen molar-refractivity contribution in [3.63, 3.8) is 0 Å². The van der Waals surface area contributed by atoms with E-state index >= 15 is 0 Å². The third-order valence-electron chi connectivity index (χ3n) is 4.68. The molecule has 10 heteroatoms. The minimum absolute atomic E-state index is 0.0430. The monoisotopic (exact) mass is 426 g/mol. The highest BCUT2D eigenvalue weighted by molar-refractivity contribution is 7.88. The van der Waals surface area contributed by atoms with E-state index in [0.717, 1.165) is 11.1 Å². The number of hydrogen-bond acceptors (Lipinski definition) is 8. The summed E-state index contributed by atoms with van der Waals surface area (Å²) in [7, 11) is -3.48. The van der Waals surface area contributed by atoms with Crippen LogP contribution in [-0.4, -0.2) is 52.4 Å². The zero-order valence-electron chi connectivity index (χ0n) is 16.5. The molecule has 1 aromatic carbocycles. The highest BCUT2D eigenvalue weighted by Gasteiger charge is 2.31. The van der Waals surface area contributed by atoms with Crippen molar-refractivity contribution in [2.45, 2.75) is 18.8 Å². The van der Waals surface area contributed by atoms with Gasteiger partial charge in [-0.15, -0.1) is 0 Å². The zero-order chi connectivity index (χ0) is 21.0. The Hall–Kier alpha value is -2.95. The maximum Gasteiger partial charge on any atom is 0.228 e. The van der Waals surface area contributed by atoms with Gasteiger partial charge in [-0.2, -0.15) is 4.31 Å². The number of aryl methyl sites for hydroxylation is 1. The Balaban J connectivity index is 1.47. The fraction of sp³-hybridized carbons (Fsp3) is 0.300. The van der Waals surface area contributed by atoms with Crippen LogP contribution in [0.25, 0.3) is 0 Å². The molecule has 1 aliphatic rings. The molecule has 0 amide bonds. The first-order valence-corrected chi connectivity index (χ1v) is 11.1. The summed E-state index contributed by atoms with van der Waals surface area (Å²) in [6.07, 6.45) is 5.87. The van der Waals surface area contributed by atoms with Crippen molar-refractivity contribution in [2.24, 2.45) is 0 Å². The van der Waals surface area contributed by atoms with Gasteiger partial charge in [0, 0.05) is 25.5 Å². The summed E-state index contributed by atoms with van der Waals surface area (Å²) in [6, 6.07) is 9.23. The average Bonchev–Trinajstić information content (AvgIpc) is 2.76. The predicted octanol–water partition coefficient (Wildman–Crippen LogP) is 2.22. The van der Waals surface area contributed by atoms with Gasteiger partial charge in [0.25, 0.3) is 0 Å². The van der Waals surface area contributed by atoms with Crippen LogP contribution < -0.4 is 5.32 Å². The number of morpholine rings is 1. The van der Waals surface area contributed by atoms with Gasteiger partial charge >= 0.3 is 0 Å². The van der Waals surface area contributed by atoms with Crippen LogP contribution in [0.4, 0.5) is 11.8 Å².